The summed E-state index contributed by atoms with van der Waals surface area (Å²) in [6.45, 7) is 1.67. The molecule has 0 atom stereocenters. The van der Waals surface area contributed by atoms with Crippen LogP contribution >= 0.6 is 0 Å². The lowest BCUT2D eigenvalue weighted by Gasteiger charge is -2.12. The van der Waals surface area contributed by atoms with Gasteiger partial charge in [-0.15, -0.1) is 0 Å². The maximum absolute atomic E-state index is 12.0. The van der Waals surface area contributed by atoms with Crippen LogP contribution in [0.5, 0.6) is 5.75 Å². The molecular formula is C19H23N3O4. The fraction of sp³-hybridized carbons (Fsp3) is 0.263. The van der Waals surface area contributed by atoms with E-state index >= 15 is 0 Å². The number of ether oxygens (including phenoxy) is 1. The van der Waals surface area contributed by atoms with Crippen LogP contribution < -0.4 is 15.4 Å². The van der Waals surface area contributed by atoms with Gasteiger partial charge in [0.05, 0.1) is 5.56 Å². The summed E-state index contributed by atoms with van der Waals surface area (Å²) in [5.74, 6) is -0.288. The fourth-order valence-electron chi connectivity index (χ4n) is 2.13. The van der Waals surface area contributed by atoms with E-state index in [1.54, 1.807) is 24.3 Å². The monoisotopic (exact) mass is 357 g/mol. The summed E-state index contributed by atoms with van der Waals surface area (Å²) in [5.41, 5.74) is 1.65. The second-order valence-corrected chi connectivity index (χ2v) is 5.99. The molecule has 0 aromatic heterocycles. The Bertz CT molecular complexity index is 745. The number of aromatic carboxylic acids is 1. The summed E-state index contributed by atoms with van der Waals surface area (Å²) in [6.07, 6.45) is 0. The highest BCUT2D eigenvalue weighted by molar-refractivity contribution is 5.89. The minimum Gasteiger partial charge on any atom is -0.492 e. The third-order valence-corrected chi connectivity index (χ3v) is 3.55. The first-order chi connectivity index (χ1) is 12.4. The molecule has 2 aromatic carbocycles. The predicted octanol–water partition coefficient (Wildman–Crippen LogP) is 2.65. The van der Waals surface area contributed by atoms with Crippen molar-refractivity contribution in [1.82, 2.24) is 10.2 Å². The summed E-state index contributed by atoms with van der Waals surface area (Å²) in [6, 6.07) is 13.2. The SMILES string of the molecule is CN(C)CCOc1cccc(NC(=O)NCc2ccc(C(=O)O)cc2)c1. The van der Waals surface area contributed by atoms with Gasteiger partial charge in [0, 0.05) is 24.8 Å². The molecule has 7 heteroatoms. The third-order valence-electron chi connectivity index (χ3n) is 3.55. The van der Waals surface area contributed by atoms with Gasteiger partial charge in [-0.1, -0.05) is 18.2 Å². The van der Waals surface area contributed by atoms with Crippen LogP contribution in [0.1, 0.15) is 15.9 Å². The molecule has 26 heavy (non-hydrogen) atoms. The number of carbonyl (C=O) groups excluding carboxylic acids is 1. The zero-order chi connectivity index (χ0) is 18.9. The maximum atomic E-state index is 12.0. The van der Waals surface area contributed by atoms with E-state index in [9.17, 15) is 9.59 Å². The topological polar surface area (TPSA) is 90.9 Å². The second-order valence-electron chi connectivity index (χ2n) is 5.99. The number of nitrogens with zero attached hydrogens (tertiary/aromatic N) is 1. The van der Waals surface area contributed by atoms with Crippen molar-refractivity contribution in [3.05, 3.63) is 59.7 Å². The largest absolute Gasteiger partial charge is 0.492 e. The molecule has 0 heterocycles. The van der Waals surface area contributed by atoms with E-state index in [4.69, 9.17) is 9.84 Å². The molecule has 0 saturated heterocycles. The predicted molar refractivity (Wildman–Crippen MR) is 99.8 cm³/mol. The van der Waals surface area contributed by atoms with Crippen molar-refractivity contribution >= 4 is 17.7 Å². The molecule has 0 aliphatic carbocycles. The molecule has 2 amide bonds. The van der Waals surface area contributed by atoms with Crippen LogP contribution in [0.4, 0.5) is 10.5 Å². The van der Waals surface area contributed by atoms with Crippen molar-refractivity contribution in [3.63, 3.8) is 0 Å². The highest BCUT2D eigenvalue weighted by atomic mass is 16.5. The Morgan fingerprint density at radius 2 is 1.85 bits per heavy atom. The van der Waals surface area contributed by atoms with Gasteiger partial charge in [-0.3, -0.25) is 0 Å². The zero-order valence-electron chi connectivity index (χ0n) is 14.9. The molecule has 0 bridgehead atoms. The molecule has 0 spiro atoms. The van der Waals surface area contributed by atoms with Gasteiger partial charge < -0.3 is 25.4 Å². The fourth-order valence-corrected chi connectivity index (χ4v) is 2.13. The van der Waals surface area contributed by atoms with Gasteiger partial charge in [0.2, 0.25) is 0 Å². The number of carboxylic acids is 1. The highest BCUT2D eigenvalue weighted by Crippen LogP contribution is 2.17. The molecule has 3 N–H and O–H groups in total. The van der Waals surface area contributed by atoms with Crippen molar-refractivity contribution < 1.29 is 19.4 Å². The third kappa shape index (κ3) is 6.45. The number of hydrogen-bond donors (Lipinski definition) is 3. The number of urea groups is 1. The van der Waals surface area contributed by atoms with Gasteiger partial charge in [0.25, 0.3) is 0 Å². The lowest BCUT2D eigenvalue weighted by atomic mass is 10.1. The summed E-state index contributed by atoms with van der Waals surface area (Å²) in [4.78, 5) is 24.9. The van der Waals surface area contributed by atoms with Gasteiger partial charge in [-0.25, -0.2) is 9.59 Å². The smallest absolute Gasteiger partial charge is 0.335 e. The highest BCUT2D eigenvalue weighted by Gasteiger charge is 2.05. The normalized spacial score (nSPS) is 10.4. The Hall–Kier alpha value is -3.06. The molecular weight excluding hydrogens is 334 g/mol. The Balaban J connectivity index is 1.82. The zero-order valence-corrected chi connectivity index (χ0v) is 14.9. The first kappa shape index (κ1) is 19.3. The summed E-state index contributed by atoms with van der Waals surface area (Å²) in [7, 11) is 3.95. The van der Waals surface area contributed by atoms with Crippen LogP contribution in [0.3, 0.4) is 0 Å². The molecule has 2 aromatic rings. The summed E-state index contributed by atoms with van der Waals surface area (Å²) < 4.78 is 5.64. The van der Waals surface area contributed by atoms with E-state index in [1.165, 1.54) is 12.1 Å². The van der Waals surface area contributed by atoms with Crippen LogP contribution in [0.15, 0.2) is 48.5 Å². The van der Waals surface area contributed by atoms with Crippen molar-refractivity contribution in [2.75, 3.05) is 32.6 Å². The first-order valence-electron chi connectivity index (χ1n) is 8.19. The average Bonchev–Trinajstić information content (AvgIpc) is 2.60. The van der Waals surface area contributed by atoms with E-state index in [0.29, 0.717) is 24.6 Å². The maximum Gasteiger partial charge on any atom is 0.335 e. The number of anilines is 1. The molecule has 2 rings (SSSR count). The lowest BCUT2D eigenvalue weighted by molar-refractivity contribution is 0.0697. The van der Waals surface area contributed by atoms with Crippen LogP contribution in [-0.4, -0.2) is 49.3 Å². The number of rotatable bonds is 8. The molecule has 0 fully saturated rings. The Labute approximate surface area is 152 Å². The number of benzene rings is 2. The molecule has 138 valence electrons. The van der Waals surface area contributed by atoms with Gasteiger partial charge in [-0.2, -0.15) is 0 Å². The molecule has 7 nitrogen and oxygen atoms in total. The first-order valence-corrected chi connectivity index (χ1v) is 8.19. The standard InChI is InChI=1S/C19H23N3O4/c1-22(2)10-11-26-17-5-3-4-16(12-17)21-19(25)20-13-14-6-8-15(9-7-14)18(23)24/h3-9,12H,10-11,13H2,1-2H3,(H,23,24)(H2,20,21,25). The van der Waals surface area contributed by atoms with E-state index in [-0.39, 0.29) is 11.6 Å². The van der Waals surface area contributed by atoms with Crippen LogP contribution in [0.25, 0.3) is 0 Å². The average molecular weight is 357 g/mol. The Morgan fingerprint density at radius 3 is 2.50 bits per heavy atom. The van der Waals surface area contributed by atoms with E-state index < -0.39 is 5.97 Å². The number of nitrogens with one attached hydrogen (secondary N) is 2. The molecule has 0 saturated carbocycles. The van der Waals surface area contributed by atoms with Crippen molar-refractivity contribution in [2.24, 2.45) is 0 Å². The number of carboxylic acid groups (broad SMARTS) is 1. The van der Waals surface area contributed by atoms with Gasteiger partial charge in [-0.05, 0) is 43.9 Å². The Morgan fingerprint density at radius 1 is 1.12 bits per heavy atom. The number of hydrogen-bond acceptors (Lipinski definition) is 4. The number of likely N-dealkylation sites (N-methyl/N-ethyl adjacent to an activating group) is 1. The minimum absolute atomic E-state index is 0.212. The Kier molecular flexibility index (Phi) is 6.99. The number of carbonyl (C=O) groups is 2. The van der Waals surface area contributed by atoms with Crippen LogP contribution in [-0.2, 0) is 6.54 Å². The molecule has 0 unspecified atom stereocenters. The molecule has 0 aliphatic heterocycles. The van der Waals surface area contributed by atoms with Crippen LogP contribution in [0, 0.1) is 0 Å². The summed E-state index contributed by atoms with van der Waals surface area (Å²) in [5, 5.41) is 14.3. The second kappa shape index (κ2) is 9.43. The quantitative estimate of drug-likeness (QED) is 0.676. The van der Waals surface area contributed by atoms with Gasteiger partial charge in [0.1, 0.15) is 12.4 Å². The van der Waals surface area contributed by atoms with E-state index in [0.717, 1.165) is 12.1 Å². The van der Waals surface area contributed by atoms with Gasteiger partial charge in [0.15, 0.2) is 0 Å². The molecule has 0 aliphatic rings. The van der Waals surface area contributed by atoms with Gasteiger partial charge >= 0.3 is 12.0 Å². The van der Waals surface area contributed by atoms with Crippen molar-refractivity contribution in [3.8, 4) is 5.75 Å². The van der Waals surface area contributed by atoms with E-state index in [1.807, 2.05) is 31.1 Å². The minimum atomic E-state index is -0.977. The summed E-state index contributed by atoms with van der Waals surface area (Å²) >= 11 is 0. The van der Waals surface area contributed by atoms with E-state index in [2.05, 4.69) is 10.6 Å². The molecule has 0 radical (unpaired) electrons. The van der Waals surface area contributed by atoms with Crippen molar-refractivity contribution in [1.29, 1.82) is 0 Å². The lowest BCUT2D eigenvalue weighted by Crippen LogP contribution is -2.28. The number of amides is 2. The van der Waals surface area contributed by atoms with Crippen molar-refractivity contribution in [2.45, 2.75) is 6.54 Å². The van der Waals surface area contributed by atoms with Crippen LogP contribution in [0.2, 0.25) is 0 Å².